The first-order valence-electron chi connectivity index (χ1n) is 5.60. The second-order valence-corrected chi connectivity index (χ2v) is 4.31. The summed E-state index contributed by atoms with van der Waals surface area (Å²) in [4.78, 5) is 25.4. The van der Waals surface area contributed by atoms with Crippen LogP contribution in [0.5, 0.6) is 5.75 Å². The van der Waals surface area contributed by atoms with Gasteiger partial charge in [0.05, 0.1) is 0 Å². The average Bonchev–Trinajstić information content (AvgIpc) is 2.27. The van der Waals surface area contributed by atoms with Gasteiger partial charge in [-0.25, -0.2) is 0 Å². The zero-order valence-electron chi connectivity index (χ0n) is 9.03. The largest absolute Gasteiger partial charge is 0.503 e. The van der Waals surface area contributed by atoms with E-state index in [1.165, 1.54) is 6.07 Å². The monoisotopic (exact) mass is 221 g/mol. The Morgan fingerprint density at radius 1 is 1.31 bits per heavy atom. The fraction of sp³-hybridized carbons (Fsp3) is 0.500. The van der Waals surface area contributed by atoms with Gasteiger partial charge >= 0.3 is 0 Å². The third-order valence-electron chi connectivity index (χ3n) is 3.10. The van der Waals surface area contributed by atoms with Crippen LogP contribution >= 0.6 is 0 Å². The van der Waals surface area contributed by atoms with Gasteiger partial charge in [-0.3, -0.25) is 9.59 Å². The maximum Gasteiger partial charge on any atom is 0.290 e. The van der Waals surface area contributed by atoms with E-state index in [4.69, 9.17) is 5.11 Å². The Kier molecular flexibility index (Phi) is 3.08. The van der Waals surface area contributed by atoms with Crippen molar-refractivity contribution in [1.29, 1.82) is 0 Å². The number of H-pyrrole nitrogens is 1. The molecule has 0 bridgehead atoms. The van der Waals surface area contributed by atoms with E-state index in [0.29, 0.717) is 18.6 Å². The molecule has 0 radical (unpaired) electrons. The Morgan fingerprint density at radius 2 is 2.12 bits per heavy atom. The summed E-state index contributed by atoms with van der Waals surface area (Å²) in [5.74, 6) is 0.0489. The van der Waals surface area contributed by atoms with E-state index in [-0.39, 0.29) is 11.7 Å². The minimum absolute atomic E-state index is 0.0361. The minimum Gasteiger partial charge on any atom is -0.503 e. The van der Waals surface area contributed by atoms with Gasteiger partial charge in [0.15, 0.2) is 5.75 Å². The second-order valence-electron chi connectivity index (χ2n) is 4.31. The number of aromatic amines is 1. The molecule has 0 spiro atoms. The smallest absolute Gasteiger partial charge is 0.290 e. The van der Waals surface area contributed by atoms with Crippen molar-refractivity contribution in [3.63, 3.8) is 0 Å². The van der Waals surface area contributed by atoms with Crippen molar-refractivity contribution in [3.05, 3.63) is 28.2 Å². The van der Waals surface area contributed by atoms with Crippen molar-refractivity contribution in [2.45, 2.75) is 32.1 Å². The fourth-order valence-electron chi connectivity index (χ4n) is 2.16. The lowest BCUT2D eigenvalue weighted by atomic mass is 9.85. The predicted octanol–water partition coefficient (Wildman–Crippen LogP) is 1.38. The van der Waals surface area contributed by atoms with Crippen LogP contribution in [0.15, 0.2) is 16.9 Å². The van der Waals surface area contributed by atoms with Crippen LogP contribution in [0, 0.1) is 5.92 Å². The molecule has 1 fully saturated rings. The molecular formula is C12H15NO3. The number of nitrogens with one attached hydrogen (secondary N) is 1. The summed E-state index contributed by atoms with van der Waals surface area (Å²) in [5.41, 5.74) is 0.240. The van der Waals surface area contributed by atoms with Crippen LogP contribution in [-0.2, 0) is 11.2 Å². The van der Waals surface area contributed by atoms with Crippen LogP contribution in [0.1, 0.15) is 31.4 Å². The molecule has 1 aliphatic rings. The Hall–Kier alpha value is -1.58. The molecule has 1 unspecified atom stereocenters. The molecule has 2 rings (SSSR count). The number of ketones is 1. The fourth-order valence-corrected chi connectivity index (χ4v) is 2.16. The van der Waals surface area contributed by atoms with E-state index < -0.39 is 5.56 Å². The number of hydrogen-bond donors (Lipinski definition) is 2. The van der Waals surface area contributed by atoms with Crippen molar-refractivity contribution in [1.82, 2.24) is 4.98 Å². The first-order valence-corrected chi connectivity index (χ1v) is 5.60. The molecule has 4 heteroatoms. The van der Waals surface area contributed by atoms with E-state index in [9.17, 15) is 9.59 Å². The summed E-state index contributed by atoms with van der Waals surface area (Å²) in [6, 6.07) is 3.04. The number of Topliss-reactive ketones (excluding diaryl/α,β-unsaturated/α-hetero) is 1. The number of aromatic hydroxyl groups is 1. The molecule has 0 aromatic carbocycles. The lowest BCUT2D eigenvalue weighted by Crippen LogP contribution is -2.22. The molecular weight excluding hydrogens is 206 g/mol. The SMILES string of the molecule is O=C1CCCCC1Cc1ccc(O)c(=O)[nH]1. The van der Waals surface area contributed by atoms with E-state index in [1.54, 1.807) is 6.07 Å². The van der Waals surface area contributed by atoms with Crippen molar-refractivity contribution < 1.29 is 9.90 Å². The van der Waals surface area contributed by atoms with Crippen LogP contribution in [0.4, 0.5) is 0 Å². The maximum atomic E-state index is 11.6. The molecule has 1 aliphatic carbocycles. The molecule has 86 valence electrons. The van der Waals surface area contributed by atoms with E-state index in [1.807, 2.05) is 0 Å². The highest BCUT2D eigenvalue weighted by Crippen LogP contribution is 2.23. The Balaban J connectivity index is 2.11. The zero-order valence-corrected chi connectivity index (χ0v) is 9.03. The molecule has 0 saturated heterocycles. The highest BCUT2D eigenvalue weighted by molar-refractivity contribution is 5.81. The third kappa shape index (κ3) is 2.32. The number of rotatable bonds is 2. The zero-order chi connectivity index (χ0) is 11.5. The summed E-state index contributed by atoms with van der Waals surface area (Å²) in [6.45, 7) is 0. The number of carbonyl (C=O) groups excluding carboxylic acids is 1. The molecule has 4 nitrogen and oxygen atoms in total. The second kappa shape index (κ2) is 4.51. The predicted molar refractivity (Wildman–Crippen MR) is 59.4 cm³/mol. The van der Waals surface area contributed by atoms with Gasteiger partial charge in [-0.15, -0.1) is 0 Å². The van der Waals surface area contributed by atoms with Gasteiger partial charge < -0.3 is 10.1 Å². The summed E-state index contributed by atoms with van der Waals surface area (Å²) >= 11 is 0. The van der Waals surface area contributed by atoms with Crippen molar-refractivity contribution >= 4 is 5.78 Å². The van der Waals surface area contributed by atoms with Crippen LogP contribution in [0.25, 0.3) is 0 Å². The van der Waals surface area contributed by atoms with Gasteiger partial charge in [0, 0.05) is 18.0 Å². The molecule has 0 aliphatic heterocycles. The topological polar surface area (TPSA) is 70.2 Å². The summed E-state index contributed by atoms with van der Waals surface area (Å²) in [5, 5.41) is 9.09. The van der Waals surface area contributed by atoms with Crippen molar-refractivity contribution in [2.24, 2.45) is 5.92 Å². The number of pyridine rings is 1. The maximum absolute atomic E-state index is 11.6. The number of aromatic nitrogens is 1. The molecule has 1 aromatic rings. The molecule has 1 saturated carbocycles. The first kappa shape index (κ1) is 10.9. The molecule has 16 heavy (non-hydrogen) atoms. The Labute approximate surface area is 93.3 Å². The van der Waals surface area contributed by atoms with Gasteiger partial charge in [-0.2, -0.15) is 0 Å². The van der Waals surface area contributed by atoms with Gasteiger partial charge in [0.2, 0.25) is 0 Å². The molecule has 1 aromatic heterocycles. The lowest BCUT2D eigenvalue weighted by molar-refractivity contribution is -0.124. The average molecular weight is 221 g/mol. The van der Waals surface area contributed by atoms with Gasteiger partial charge in [-0.1, -0.05) is 6.42 Å². The van der Waals surface area contributed by atoms with Crippen molar-refractivity contribution in [2.75, 3.05) is 0 Å². The van der Waals surface area contributed by atoms with Crippen LogP contribution in [0.3, 0.4) is 0 Å². The summed E-state index contributed by atoms with van der Waals surface area (Å²) in [7, 11) is 0. The summed E-state index contributed by atoms with van der Waals surface area (Å²) in [6.07, 6.45) is 4.21. The van der Waals surface area contributed by atoms with Gasteiger partial charge in [0.25, 0.3) is 5.56 Å². The van der Waals surface area contributed by atoms with Crippen LogP contribution < -0.4 is 5.56 Å². The number of hydrogen-bond acceptors (Lipinski definition) is 3. The highest BCUT2D eigenvalue weighted by Gasteiger charge is 2.22. The van der Waals surface area contributed by atoms with Crippen LogP contribution in [0.2, 0.25) is 0 Å². The van der Waals surface area contributed by atoms with E-state index in [2.05, 4.69) is 4.98 Å². The first-order chi connectivity index (χ1) is 7.66. The van der Waals surface area contributed by atoms with E-state index >= 15 is 0 Å². The van der Waals surface area contributed by atoms with Crippen molar-refractivity contribution in [3.8, 4) is 5.75 Å². The molecule has 2 N–H and O–H groups in total. The minimum atomic E-state index is -0.485. The summed E-state index contributed by atoms with van der Waals surface area (Å²) < 4.78 is 0. The van der Waals surface area contributed by atoms with Gasteiger partial charge in [0.1, 0.15) is 5.78 Å². The molecule has 1 atom stereocenters. The molecule has 0 amide bonds. The lowest BCUT2D eigenvalue weighted by Gasteiger charge is -2.20. The third-order valence-corrected chi connectivity index (χ3v) is 3.10. The van der Waals surface area contributed by atoms with Gasteiger partial charge in [-0.05, 0) is 31.4 Å². The quantitative estimate of drug-likeness (QED) is 0.792. The normalized spacial score (nSPS) is 21.0. The Morgan fingerprint density at radius 3 is 2.81 bits per heavy atom. The highest BCUT2D eigenvalue weighted by atomic mass is 16.3. The number of carbonyl (C=O) groups is 1. The Bertz CT molecular complexity index is 450. The van der Waals surface area contributed by atoms with Crippen LogP contribution in [-0.4, -0.2) is 15.9 Å². The molecule has 1 heterocycles. The van der Waals surface area contributed by atoms with E-state index in [0.717, 1.165) is 25.0 Å². The standard InChI is InChI=1S/C12H15NO3/c14-10-4-2-1-3-8(10)7-9-5-6-11(15)12(16)13-9/h5-6,8,15H,1-4,7H2,(H,13,16).